The largest absolute Gasteiger partial charge is 0.481 e. The molecule has 2 N–H and O–H groups in total. The Morgan fingerprint density at radius 3 is 3.00 bits per heavy atom. The van der Waals surface area contributed by atoms with E-state index in [-0.39, 0.29) is 12.3 Å². The van der Waals surface area contributed by atoms with Gasteiger partial charge in [0.1, 0.15) is 0 Å². The van der Waals surface area contributed by atoms with E-state index in [4.69, 9.17) is 5.11 Å². The van der Waals surface area contributed by atoms with Gasteiger partial charge in [-0.05, 0) is 23.6 Å². The maximum atomic E-state index is 10.7. The van der Waals surface area contributed by atoms with Crippen molar-refractivity contribution in [1.82, 2.24) is 4.98 Å². The lowest BCUT2D eigenvalue weighted by molar-refractivity contribution is -0.137. The molecule has 2 rings (SSSR count). The first-order valence-electron chi connectivity index (χ1n) is 5.06. The van der Waals surface area contributed by atoms with E-state index in [2.05, 4.69) is 20.9 Å². The molecule has 3 nitrogen and oxygen atoms in total. The maximum Gasteiger partial charge on any atom is 0.303 e. The molecule has 84 valence electrons. The Bertz CT molecular complexity index is 533. The van der Waals surface area contributed by atoms with Crippen LogP contribution in [0, 0.1) is 0 Å². The first-order valence-corrected chi connectivity index (χ1v) is 5.85. The van der Waals surface area contributed by atoms with E-state index in [9.17, 15) is 4.79 Å². The summed E-state index contributed by atoms with van der Waals surface area (Å²) in [5, 5.41) is 9.88. The van der Waals surface area contributed by atoms with Crippen LogP contribution in [0.5, 0.6) is 0 Å². The first-order chi connectivity index (χ1) is 7.58. The second-order valence-corrected chi connectivity index (χ2v) is 4.85. The highest BCUT2D eigenvalue weighted by atomic mass is 79.9. The molecular formula is C12H12BrNO2. The summed E-state index contributed by atoms with van der Waals surface area (Å²) in [6.45, 7) is 1.93. The van der Waals surface area contributed by atoms with Crippen molar-refractivity contribution < 1.29 is 9.90 Å². The van der Waals surface area contributed by atoms with Crippen molar-refractivity contribution in [3.8, 4) is 0 Å². The van der Waals surface area contributed by atoms with Crippen LogP contribution in [0.1, 0.15) is 24.8 Å². The Balaban J connectivity index is 2.41. The molecular weight excluding hydrogens is 270 g/mol. The Morgan fingerprint density at radius 2 is 2.31 bits per heavy atom. The number of hydrogen-bond donors (Lipinski definition) is 2. The molecule has 0 aliphatic carbocycles. The molecule has 0 aliphatic heterocycles. The van der Waals surface area contributed by atoms with E-state index in [1.54, 1.807) is 0 Å². The van der Waals surface area contributed by atoms with Crippen LogP contribution in [0.2, 0.25) is 0 Å². The third-order valence-corrected chi connectivity index (χ3v) is 3.18. The van der Waals surface area contributed by atoms with Gasteiger partial charge in [0, 0.05) is 21.6 Å². The zero-order valence-corrected chi connectivity index (χ0v) is 10.4. The molecule has 1 aromatic heterocycles. The Kier molecular flexibility index (Phi) is 3.01. The second-order valence-electron chi connectivity index (χ2n) is 3.93. The van der Waals surface area contributed by atoms with Gasteiger partial charge in [-0.25, -0.2) is 0 Å². The number of carboxylic acid groups (broad SMARTS) is 1. The van der Waals surface area contributed by atoms with Gasteiger partial charge in [-0.2, -0.15) is 0 Å². The number of carboxylic acids is 1. The fourth-order valence-corrected chi connectivity index (χ4v) is 2.26. The molecule has 0 fully saturated rings. The molecule has 1 aromatic carbocycles. The predicted octanol–water partition coefficient (Wildman–Crippen LogP) is 3.51. The Labute approximate surface area is 102 Å². The molecule has 0 spiro atoms. The van der Waals surface area contributed by atoms with Crippen molar-refractivity contribution in [2.75, 3.05) is 0 Å². The summed E-state index contributed by atoms with van der Waals surface area (Å²) in [7, 11) is 0. The Morgan fingerprint density at radius 1 is 1.56 bits per heavy atom. The first kappa shape index (κ1) is 11.2. The average Bonchev–Trinajstić information content (AvgIpc) is 2.59. The van der Waals surface area contributed by atoms with Crippen LogP contribution >= 0.6 is 15.9 Å². The molecule has 2 aromatic rings. The van der Waals surface area contributed by atoms with Crippen LogP contribution in [-0.4, -0.2) is 16.1 Å². The van der Waals surface area contributed by atoms with E-state index in [1.165, 1.54) is 0 Å². The Hall–Kier alpha value is -1.29. The lowest BCUT2D eigenvalue weighted by Gasteiger charge is -2.06. The molecule has 1 unspecified atom stereocenters. The molecule has 16 heavy (non-hydrogen) atoms. The molecule has 0 saturated carbocycles. The standard InChI is InChI=1S/C12H12BrNO2/c1-7(4-12(15)16)10-6-14-11-5-8(13)2-3-9(10)11/h2-3,5-7,14H,4H2,1H3,(H,15,16). The van der Waals surface area contributed by atoms with Crippen LogP contribution in [0.15, 0.2) is 28.9 Å². The third kappa shape index (κ3) is 2.11. The number of aromatic amines is 1. The zero-order chi connectivity index (χ0) is 11.7. The van der Waals surface area contributed by atoms with Crippen LogP contribution in [-0.2, 0) is 4.79 Å². The van der Waals surface area contributed by atoms with Crippen LogP contribution in [0.4, 0.5) is 0 Å². The number of H-pyrrole nitrogens is 1. The second kappa shape index (κ2) is 4.29. The molecule has 0 saturated heterocycles. The minimum atomic E-state index is -0.765. The van der Waals surface area contributed by atoms with Gasteiger partial charge >= 0.3 is 5.97 Å². The van der Waals surface area contributed by atoms with Gasteiger partial charge in [0.15, 0.2) is 0 Å². The third-order valence-electron chi connectivity index (χ3n) is 2.69. The highest BCUT2D eigenvalue weighted by molar-refractivity contribution is 9.10. The summed E-state index contributed by atoms with van der Waals surface area (Å²) >= 11 is 3.40. The number of carbonyl (C=O) groups is 1. The van der Waals surface area contributed by atoms with Gasteiger partial charge in [0.25, 0.3) is 0 Å². The summed E-state index contributed by atoms with van der Waals surface area (Å²) in [5.74, 6) is -0.744. The van der Waals surface area contributed by atoms with Crippen LogP contribution < -0.4 is 0 Å². The van der Waals surface area contributed by atoms with E-state index in [0.717, 1.165) is 20.9 Å². The number of benzene rings is 1. The van der Waals surface area contributed by atoms with Gasteiger partial charge in [0.05, 0.1) is 6.42 Å². The number of aliphatic carboxylic acids is 1. The van der Waals surface area contributed by atoms with Crippen LogP contribution in [0.25, 0.3) is 10.9 Å². The minimum absolute atomic E-state index is 0.0208. The lowest BCUT2D eigenvalue weighted by atomic mass is 9.97. The number of halogens is 1. The van der Waals surface area contributed by atoms with E-state index < -0.39 is 5.97 Å². The summed E-state index contributed by atoms with van der Waals surface area (Å²) in [6, 6.07) is 5.96. The van der Waals surface area contributed by atoms with Gasteiger partial charge in [-0.1, -0.05) is 28.9 Å². The monoisotopic (exact) mass is 281 g/mol. The van der Waals surface area contributed by atoms with Gasteiger partial charge in [0.2, 0.25) is 0 Å². The molecule has 0 aliphatic rings. The van der Waals surface area contributed by atoms with Gasteiger partial charge in [-0.3, -0.25) is 4.79 Å². The highest BCUT2D eigenvalue weighted by Crippen LogP contribution is 2.29. The van der Waals surface area contributed by atoms with Crippen LogP contribution in [0.3, 0.4) is 0 Å². The predicted molar refractivity (Wildman–Crippen MR) is 66.7 cm³/mol. The number of fused-ring (bicyclic) bond motifs is 1. The van der Waals surface area contributed by atoms with E-state index in [1.807, 2.05) is 31.3 Å². The van der Waals surface area contributed by atoms with E-state index >= 15 is 0 Å². The number of hydrogen-bond acceptors (Lipinski definition) is 1. The smallest absolute Gasteiger partial charge is 0.303 e. The van der Waals surface area contributed by atoms with E-state index in [0.29, 0.717) is 0 Å². The summed E-state index contributed by atoms with van der Waals surface area (Å²) in [5.41, 5.74) is 2.09. The highest BCUT2D eigenvalue weighted by Gasteiger charge is 2.14. The molecule has 0 radical (unpaired) electrons. The summed E-state index contributed by atoms with van der Waals surface area (Å²) in [6.07, 6.45) is 2.05. The fraction of sp³-hybridized carbons (Fsp3) is 0.250. The average molecular weight is 282 g/mol. The minimum Gasteiger partial charge on any atom is -0.481 e. The summed E-state index contributed by atoms with van der Waals surface area (Å²) < 4.78 is 1.01. The van der Waals surface area contributed by atoms with Gasteiger partial charge < -0.3 is 10.1 Å². The van der Waals surface area contributed by atoms with Crippen molar-refractivity contribution in [3.05, 3.63) is 34.4 Å². The molecule has 4 heteroatoms. The number of nitrogens with one attached hydrogen (secondary N) is 1. The van der Waals surface area contributed by atoms with Crippen molar-refractivity contribution >= 4 is 32.8 Å². The van der Waals surface area contributed by atoms with Crippen molar-refractivity contribution in [1.29, 1.82) is 0 Å². The number of aromatic nitrogens is 1. The molecule has 0 bridgehead atoms. The number of rotatable bonds is 3. The zero-order valence-electron chi connectivity index (χ0n) is 8.83. The maximum absolute atomic E-state index is 10.7. The molecule has 0 amide bonds. The van der Waals surface area contributed by atoms with Gasteiger partial charge in [-0.15, -0.1) is 0 Å². The fourth-order valence-electron chi connectivity index (χ4n) is 1.90. The SMILES string of the molecule is CC(CC(=O)O)c1c[nH]c2cc(Br)ccc12. The quantitative estimate of drug-likeness (QED) is 0.905. The topological polar surface area (TPSA) is 53.1 Å². The van der Waals surface area contributed by atoms with Crippen molar-refractivity contribution in [2.45, 2.75) is 19.3 Å². The summed E-state index contributed by atoms with van der Waals surface area (Å²) in [4.78, 5) is 13.8. The molecule has 1 heterocycles. The lowest BCUT2D eigenvalue weighted by Crippen LogP contribution is -2.02. The van der Waals surface area contributed by atoms with Crippen molar-refractivity contribution in [2.24, 2.45) is 0 Å². The van der Waals surface area contributed by atoms with Crippen molar-refractivity contribution in [3.63, 3.8) is 0 Å². The molecule has 1 atom stereocenters. The normalized spacial score (nSPS) is 12.9.